The fraction of sp³-hybridized carbons (Fsp3) is 0.259. The number of aromatic nitrogens is 1. The van der Waals surface area contributed by atoms with Gasteiger partial charge in [-0.2, -0.15) is 4.98 Å². The number of amides is 1. The maximum absolute atomic E-state index is 13.8. The molecule has 2 aromatic carbocycles. The summed E-state index contributed by atoms with van der Waals surface area (Å²) in [5.74, 6) is -0.604. The molecule has 0 saturated heterocycles. The first-order valence-electron chi connectivity index (χ1n) is 12.2. The summed E-state index contributed by atoms with van der Waals surface area (Å²) in [6, 6.07) is 9.13. The van der Waals surface area contributed by atoms with Gasteiger partial charge in [-0.1, -0.05) is 36.7 Å². The maximum Gasteiger partial charge on any atom is 0.302 e. The molecule has 4 rings (SSSR count). The molecule has 3 aromatic rings. The van der Waals surface area contributed by atoms with E-state index in [9.17, 15) is 9.18 Å². The van der Waals surface area contributed by atoms with E-state index in [2.05, 4.69) is 26.3 Å². The van der Waals surface area contributed by atoms with Crippen molar-refractivity contribution in [3.8, 4) is 0 Å². The number of carbonyl (C=O) groups is 1. The lowest BCUT2D eigenvalue weighted by atomic mass is 9.95. The molecule has 1 atom stereocenters. The SMILES string of the molecule is CCN/C=C(\C=N)CNC(=O)C1=C(C)NC(Nc2nc3cccc(CC)c3o2)=NC1c1ccc(F)cc1Cl. The Morgan fingerprint density at radius 3 is 2.82 bits per heavy atom. The standard InChI is InChI=1S/C27H29ClFN7O2/c1-4-17-7-6-8-21-24(17)38-27(34-21)36-26-33-15(3)22(25(37)32-14-16(12-30)13-31-5-2)23(35-26)19-10-9-18(29)11-20(19)28/h6-13,23,30-31H,4-5,14H2,1-3H3,(H,32,37)(H2,33,34,35,36)/b16-13+,30-12?. The van der Waals surface area contributed by atoms with E-state index in [-0.39, 0.29) is 17.6 Å². The molecule has 0 bridgehead atoms. The molecule has 38 heavy (non-hydrogen) atoms. The molecule has 1 unspecified atom stereocenters. The van der Waals surface area contributed by atoms with Gasteiger partial charge >= 0.3 is 6.01 Å². The van der Waals surface area contributed by atoms with E-state index in [1.165, 1.54) is 24.4 Å². The monoisotopic (exact) mass is 537 g/mol. The highest BCUT2D eigenvalue weighted by atomic mass is 35.5. The van der Waals surface area contributed by atoms with Crippen LogP contribution in [0.2, 0.25) is 5.02 Å². The molecule has 198 valence electrons. The first kappa shape index (κ1) is 26.9. The minimum absolute atomic E-state index is 0.132. The number of hydrogen-bond donors (Lipinski definition) is 5. The van der Waals surface area contributed by atoms with Crippen molar-refractivity contribution in [3.05, 3.63) is 81.4 Å². The number of benzene rings is 2. The number of aryl methyl sites for hydroxylation is 1. The third kappa shape index (κ3) is 5.86. The number of rotatable bonds is 9. The zero-order chi connectivity index (χ0) is 27.2. The van der Waals surface area contributed by atoms with Gasteiger partial charge in [0.25, 0.3) is 5.91 Å². The fourth-order valence-corrected chi connectivity index (χ4v) is 4.35. The van der Waals surface area contributed by atoms with Crippen molar-refractivity contribution in [1.82, 2.24) is 20.9 Å². The van der Waals surface area contributed by atoms with Crippen LogP contribution in [0.4, 0.5) is 10.4 Å². The van der Waals surface area contributed by atoms with Crippen molar-refractivity contribution < 1.29 is 13.6 Å². The Kier molecular flexibility index (Phi) is 8.42. The van der Waals surface area contributed by atoms with E-state index < -0.39 is 17.8 Å². The van der Waals surface area contributed by atoms with Gasteiger partial charge < -0.3 is 25.8 Å². The lowest BCUT2D eigenvalue weighted by molar-refractivity contribution is -0.117. The quantitative estimate of drug-likeness (QED) is 0.249. The molecule has 0 spiro atoms. The number of halogens is 2. The minimum atomic E-state index is -0.844. The number of allylic oxidation sites excluding steroid dienone is 1. The first-order valence-corrected chi connectivity index (χ1v) is 12.6. The van der Waals surface area contributed by atoms with Crippen LogP contribution in [0.1, 0.15) is 37.9 Å². The number of guanidine groups is 1. The summed E-state index contributed by atoms with van der Waals surface area (Å²) in [7, 11) is 0. The van der Waals surface area contributed by atoms with Gasteiger partial charge in [-0.25, -0.2) is 9.38 Å². The van der Waals surface area contributed by atoms with Gasteiger partial charge in [0.1, 0.15) is 17.4 Å². The highest BCUT2D eigenvalue weighted by molar-refractivity contribution is 6.31. The third-order valence-corrected chi connectivity index (χ3v) is 6.30. The van der Waals surface area contributed by atoms with Crippen LogP contribution in [0.25, 0.3) is 11.1 Å². The van der Waals surface area contributed by atoms with Crippen molar-refractivity contribution in [2.45, 2.75) is 33.2 Å². The number of aliphatic imine (C=N–C) groups is 1. The van der Waals surface area contributed by atoms with Crippen LogP contribution in [0.15, 0.2) is 68.9 Å². The van der Waals surface area contributed by atoms with Gasteiger partial charge in [0, 0.05) is 47.4 Å². The van der Waals surface area contributed by atoms with Crippen LogP contribution >= 0.6 is 11.6 Å². The predicted molar refractivity (Wildman–Crippen MR) is 148 cm³/mol. The molecule has 1 aromatic heterocycles. The Labute approximate surface area is 224 Å². The van der Waals surface area contributed by atoms with Crippen LogP contribution in [0.5, 0.6) is 0 Å². The molecule has 0 aliphatic carbocycles. The molecule has 0 fully saturated rings. The van der Waals surface area contributed by atoms with Gasteiger partial charge in [0.2, 0.25) is 5.96 Å². The van der Waals surface area contributed by atoms with Gasteiger partial charge in [0.15, 0.2) is 5.58 Å². The zero-order valence-electron chi connectivity index (χ0n) is 21.3. The zero-order valence-corrected chi connectivity index (χ0v) is 22.0. The summed E-state index contributed by atoms with van der Waals surface area (Å²) in [5.41, 5.74) is 4.30. The second-order valence-electron chi connectivity index (χ2n) is 8.58. The molecular weight excluding hydrogens is 509 g/mol. The molecule has 0 radical (unpaired) electrons. The number of nitrogens with one attached hydrogen (secondary N) is 5. The van der Waals surface area contributed by atoms with Gasteiger partial charge in [-0.15, -0.1) is 0 Å². The fourth-order valence-electron chi connectivity index (χ4n) is 4.08. The van der Waals surface area contributed by atoms with E-state index in [0.29, 0.717) is 46.0 Å². The van der Waals surface area contributed by atoms with Crippen LogP contribution in [0.3, 0.4) is 0 Å². The van der Waals surface area contributed by atoms with Crippen molar-refractivity contribution in [2.24, 2.45) is 4.99 Å². The van der Waals surface area contributed by atoms with Crippen LogP contribution < -0.4 is 21.3 Å². The van der Waals surface area contributed by atoms with Gasteiger partial charge in [-0.05, 0) is 44.0 Å². The number of carbonyl (C=O) groups excluding carboxylic acids is 1. The third-order valence-electron chi connectivity index (χ3n) is 5.98. The molecule has 11 heteroatoms. The van der Waals surface area contributed by atoms with Gasteiger partial charge in [0.05, 0.1) is 5.57 Å². The second kappa shape index (κ2) is 11.9. The molecule has 2 heterocycles. The van der Waals surface area contributed by atoms with E-state index in [4.69, 9.17) is 26.4 Å². The molecular formula is C27H29ClFN7O2. The van der Waals surface area contributed by atoms with E-state index >= 15 is 0 Å². The maximum atomic E-state index is 13.8. The summed E-state index contributed by atoms with van der Waals surface area (Å²) in [5, 5.41) is 19.7. The predicted octanol–water partition coefficient (Wildman–Crippen LogP) is 4.83. The summed E-state index contributed by atoms with van der Waals surface area (Å²) >= 11 is 6.40. The van der Waals surface area contributed by atoms with E-state index in [0.717, 1.165) is 12.0 Å². The highest BCUT2D eigenvalue weighted by Crippen LogP contribution is 2.35. The Bertz CT molecular complexity index is 1460. The molecule has 0 saturated carbocycles. The Hall–Kier alpha value is -4.18. The topological polar surface area (TPSA) is 127 Å². The van der Waals surface area contributed by atoms with Crippen molar-refractivity contribution in [1.29, 1.82) is 5.41 Å². The summed E-state index contributed by atoms with van der Waals surface area (Å²) < 4.78 is 19.8. The number of oxazole rings is 1. The smallest absolute Gasteiger partial charge is 0.302 e. The highest BCUT2D eigenvalue weighted by Gasteiger charge is 2.31. The Morgan fingerprint density at radius 2 is 2.11 bits per heavy atom. The van der Waals surface area contributed by atoms with Crippen molar-refractivity contribution >= 4 is 46.8 Å². The normalized spacial score (nSPS) is 15.7. The first-order chi connectivity index (χ1) is 18.3. The minimum Gasteiger partial charge on any atom is -0.423 e. The number of para-hydroxylation sites is 1. The number of hydrogen-bond acceptors (Lipinski definition) is 8. The van der Waals surface area contributed by atoms with Crippen LogP contribution in [-0.2, 0) is 11.2 Å². The average Bonchev–Trinajstić information content (AvgIpc) is 3.31. The lowest BCUT2D eigenvalue weighted by Crippen LogP contribution is -2.39. The Balaban J connectivity index is 1.66. The molecule has 1 amide bonds. The second-order valence-corrected chi connectivity index (χ2v) is 8.98. The Morgan fingerprint density at radius 1 is 1.29 bits per heavy atom. The van der Waals surface area contributed by atoms with Gasteiger partial charge in [-0.3, -0.25) is 10.1 Å². The number of nitrogens with zero attached hydrogens (tertiary/aromatic N) is 2. The van der Waals surface area contributed by atoms with E-state index in [1.54, 1.807) is 13.1 Å². The summed E-state index contributed by atoms with van der Waals surface area (Å²) in [6.45, 7) is 6.53. The molecule has 5 N–H and O–H groups in total. The summed E-state index contributed by atoms with van der Waals surface area (Å²) in [6.07, 6.45) is 3.63. The number of fused-ring (bicyclic) bond motifs is 1. The molecule has 1 aliphatic rings. The van der Waals surface area contributed by atoms with Crippen molar-refractivity contribution in [3.63, 3.8) is 0 Å². The van der Waals surface area contributed by atoms with Crippen molar-refractivity contribution in [2.75, 3.05) is 18.4 Å². The lowest BCUT2D eigenvalue weighted by Gasteiger charge is -2.27. The van der Waals surface area contributed by atoms with E-state index in [1.807, 2.05) is 32.0 Å². The number of anilines is 1. The average molecular weight is 538 g/mol. The van der Waals surface area contributed by atoms with Crippen LogP contribution in [-0.4, -0.2) is 36.2 Å². The molecule has 1 aliphatic heterocycles. The van der Waals surface area contributed by atoms with Crippen LogP contribution in [0, 0.1) is 11.2 Å². The summed E-state index contributed by atoms with van der Waals surface area (Å²) in [4.78, 5) is 22.5. The molecule has 9 nitrogen and oxygen atoms in total. The largest absolute Gasteiger partial charge is 0.423 e.